The van der Waals surface area contributed by atoms with Gasteiger partial charge in [-0.25, -0.2) is 4.79 Å². The fraction of sp³-hybridized carbons (Fsp3) is 0.182. The van der Waals surface area contributed by atoms with Gasteiger partial charge >= 0.3 is 5.69 Å². The van der Waals surface area contributed by atoms with Crippen LogP contribution in [0.25, 0.3) is 10.9 Å². The monoisotopic (exact) mass is 392 g/mol. The highest BCUT2D eigenvalue weighted by molar-refractivity contribution is 7.09. The molecule has 0 aliphatic rings. The molecule has 0 saturated heterocycles. The standard InChI is InChI=1S/C22H20N2O3S/c1-27-17-7-4-6-16(14-17)15-24-20-10-3-2-9-19(20)21(25)23(22(24)26)12-11-18-8-5-13-28-18/h2-10,13-14H,11-12,15H2,1H3. The van der Waals surface area contributed by atoms with E-state index >= 15 is 0 Å². The molecule has 0 amide bonds. The summed E-state index contributed by atoms with van der Waals surface area (Å²) in [6.45, 7) is 0.733. The number of benzene rings is 2. The smallest absolute Gasteiger partial charge is 0.331 e. The lowest BCUT2D eigenvalue weighted by Crippen LogP contribution is -2.40. The molecule has 2 aromatic heterocycles. The highest BCUT2D eigenvalue weighted by Gasteiger charge is 2.13. The van der Waals surface area contributed by atoms with Crippen molar-refractivity contribution in [1.82, 2.24) is 9.13 Å². The van der Waals surface area contributed by atoms with Crippen molar-refractivity contribution in [3.05, 3.63) is 97.3 Å². The number of nitrogens with zero attached hydrogens (tertiary/aromatic N) is 2. The number of methoxy groups -OCH3 is 1. The maximum Gasteiger partial charge on any atom is 0.331 e. The lowest BCUT2D eigenvalue weighted by atomic mass is 10.2. The highest BCUT2D eigenvalue weighted by atomic mass is 32.1. The largest absolute Gasteiger partial charge is 0.497 e. The second-order valence-corrected chi connectivity index (χ2v) is 7.56. The van der Waals surface area contributed by atoms with Crippen LogP contribution in [0.1, 0.15) is 10.4 Å². The zero-order valence-corrected chi connectivity index (χ0v) is 16.3. The van der Waals surface area contributed by atoms with Gasteiger partial charge in [0.2, 0.25) is 0 Å². The first-order valence-corrected chi connectivity index (χ1v) is 9.93. The van der Waals surface area contributed by atoms with Gasteiger partial charge in [0.05, 0.1) is 24.6 Å². The van der Waals surface area contributed by atoms with Gasteiger partial charge in [-0.1, -0.05) is 30.3 Å². The number of hydrogen-bond acceptors (Lipinski definition) is 4. The van der Waals surface area contributed by atoms with Crippen molar-refractivity contribution in [3.63, 3.8) is 0 Å². The first-order valence-electron chi connectivity index (χ1n) is 9.05. The van der Waals surface area contributed by atoms with E-state index in [0.29, 0.717) is 30.4 Å². The van der Waals surface area contributed by atoms with Crippen LogP contribution in [0.4, 0.5) is 0 Å². The number of para-hydroxylation sites is 1. The molecule has 142 valence electrons. The van der Waals surface area contributed by atoms with Crippen molar-refractivity contribution in [3.8, 4) is 5.75 Å². The van der Waals surface area contributed by atoms with E-state index in [1.54, 1.807) is 29.1 Å². The fourth-order valence-corrected chi connectivity index (χ4v) is 4.05. The Kier molecular flexibility index (Phi) is 5.12. The van der Waals surface area contributed by atoms with Crippen LogP contribution in [0, 0.1) is 0 Å². The summed E-state index contributed by atoms with van der Waals surface area (Å²) in [6, 6.07) is 18.9. The fourth-order valence-electron chi connectivity index (χ4n) is 3.35. The molecule has 6 heteroatoms. The summed E-state index contributed by atoms with van der Waals surface area (Å²) in [6.07, 6.45) is 0.657. The van der Waals surface area contributed by atoms with Crippen LogP contribution in [0.3, 0.4) is 0 Å². The average Bonchev–Trinajstić information content (AvgIpc) is 3.25. The summed E-state index contributed by atoms with van der Waals surface area (Å²) in [7, 11) is 1.62. The summed E-state index contributed by atoms with van der Waals surface area (Å²) >= 11 is 1.63. The lowest BCUT2D eigenvalue weighted by Gasteiger charge is -2.14. The van der Waals surface area contributed by atoms with E-state index in [-0.39, 0.29) is 11.2 Å². The average molecular weight is 392 g/mol. The molecular formula is C22H20N2O3S. The Labute approximate surface area is 166 Å². The molecule has 28 heavy (non-hydrogen) atoms. The third-order valence-corrected chi connectivity index (χ3v) is 5.71. The minimum Gasteiger partial charge on any atom is -0.497 e. The Morgan fingerprint density at radius 3 is 2.61 bits per heavy atom. The minimum atomic E-state index is -0.289. The Hall–Kier alpha value is -3.12. The van der Waals surface area contributed by atoms with Gasteiger partial charge in [-0.2, -0.15) is 0 Å². The van der Waals surface area contributed by atoms with Crippen molar-refractivity contribution in [1.29, 1.82) is 0 Å². The molecule has 0 fully saturated rings. The Morgan fingerprint density at radius 1 is 0.964 bits per heavy atom. The SMILES string of the molecule is COc1cccc(Cn2c(=O)n(CCc3cccs3)c(=O)c3ccccc32)c1. The molecule has 0 aliphatic heterocycles. The van der Waals surface area contributed by atoms with E-state index in [1.165, 1.54) is 4.57 Å². The van der Waals surface area contributed by atoms with Gasteiger partial charge in [0.1, 0.15) is 5.75 Å². The molecule has 2 aromatic carbocycles. The molecule has 0 spiro atoms. The number of hydrogen-bond donors (Lipinski definition) is 0. The van der Waals surface area contributed by atoms with Crippen LogP contribution in [0.15, 0.2) is 75.6 Å². The van der Waals surface area contributed by atoms with Gasteiger partial charge in [0, 0.05) is 11.4 Å². The minimum absolute atomic E-state index is 0.237. The van der Waals surface area contributed by atoms with Gasteiger partial charge in [-0.05, 0) is 47.7 Å². The van der Waals surface area contributed by atoms with Crippen LogP contribution in [0.5, 0.6) is 5.75 Å². The number of fused-ring (bicyclic) bond motifs is 1. The molecule has 0 bridgehead atoms. The molecule has 0 radical (unpaired) electrons. The Morgan fingerprint density at radius 2 is 1.82 bits per heavy atom. The summed E-state index contributed by atoms with van der Waals surface area (Å²) in [5.74, 6) is 0.737. The van der Waals surface area contributed by atoms with Crippen LogP contribution < -0.4 is 16.0 Å². The first-order chi connectivity index (χ1) is 13.7. The summed E-state index contributed by atoms with van der Waals surface area (Å²) < 4.78 is 8.31. The molecule has 0 N–H and O–H groups in total. The topological polar surface area (TPSA) is 53.2 Å². The number of aromatic nitrogens is 2. The first kappa shape index (κ1) is 18.3. The molecule has 2 heterocycles. The second kappa shape index (κ2) is 7.86. The molecule has 0 unspecified atom stereocenters. The zero-order chi connectivity index (χ0) is 19.5. The van der Waals surface area contributed by atoms with Gasteiger partial charge in [0.25, 0.3) is 5.56 Å². The number of rotatable bonds is 6. The van der Waals surface area contributed by atoms with Gasteiger partial charge in [0.15, 0.2) is 0 Å². The van der Waals surface area contributed by atoms with Crippen molar-refractivity contribution in [2.75, 3.05) is 7.11 Å². The molecule has 0 aliphatic carbocycles. The maximum atomic E-state index is 13.2. The quantitative estimate of drug-likeness (QED) is 0.504. The molecule has 5 nitrogen and oxygen atoms in total. The third-order valence-electron chi connectivity index (χ3n) is 4.77. The van der Waals surface area contributed by atoms with E-state index in [1.807, 2.05) is 60.0 Å². The van der Waals surface area contributed by atoms with Crippen LogP contribution in [-0.4, -0.2) is 16.2 Å². The Balaban J connectivity index is 1.82. The van der Waals surface area contributed by atoms with E-state index in [0.717, 1.165) is 16.2 Å². The van der Waals surface area contributed by atoms with E-state index in [4.69, 9.17) is 4.74 Å². The lowest BCUT2D eigenvalue weighted by molar-refractivity contribution is 0.414. The van der Waals surface area contributed by atoms with Crippen LogP contribution >= 0.6 is 11.3 Å². The van der Waals surface area contributed by atoms with Gasteiger partial charge in [-0.15, -0.1) is 11.3 Å². The summed E-state index contributed by atoms with van der Waals surface area (Å²) in [5, 5.41) is 2.55. The molecule has 4 rings (SSSR count). The third kappa shape index (κ3) is 3.51. The normalized spacial score (nSPS) is 11.0. The predicted molar refractivity (Wildman–Crippen MR) is 113 cm³/mol. The molecule has 0 saturated carbocycles. The second-order valence-electron chi connectivity index (χ2n) is 6.52. The number of thiophene rings is 1. The van der Waals surface area contributed by atoms with Crippen molar-refractivity contribution in [2.24, 2.45) is 0 Å². The van der Waals surface area contributed by atoms with Gasteiger partial charge < -0.3 is 4.74 Å². The van der Waals surface area contributed by atoms with Crippen molar-refractivity contribution in [2.45, 2.75) is 19.5 Å². The van der Waals surface area contributed by atoms with Gasteiger partial charge in [-0.3, -0.25) is 13.9 Å². The Bertz CT molecular complexity index is 1220. The van der Waals surface area contributed by atoms with Crippen LogP contribution in [0.2, 0.25) is 0 Å². The molecule has 4 aromatic rings. The van der Waals surface area contributed by atoms with E-state index in [9.17, 15) is 9.59 Å². The zero-order valence-electron chi connectivity index (χ0n) is 15.5. The van der Waals surface area contributed by atoms with Crippen molar-refractivity contribution >= 4 is 22.2 Å². The van der Waals surface area contributed by atoms with Crippen LogP contribution in [-0.2, 0) is 19.5 Å². The maximum absolute atomic E-state index is 13.2. The van der Waals surface area contributed by atoms with Crippen molar-refractivity contribution < 1.29 is 4.74 Å². The summed E-state index contributed by atoms with van der Waals surface area (Å²) in [4.78, 5) is 27.3. The van der Waals surface area contributed by atoms with E-state index in [2.05, 4.69) is 0 Å². The summed E-state index contributed by atoms with van der Waals surface area (Å²) in [5.41, 5.74) is 1.06. The predicted octanol–water partition coefficient (Wildman–Crippen LogP) is 3.52. The number of aryl methyl sites for hydroxylation is 1. The molecular weight excluding hydrogens is 372 g/mol. The highest BCUT2D eigenvalue weighted by Crippen LogP contribution is 2.16. The number of ether oxygens (including phenoxy) is 1. The van der Waals surface area contributed by atoms with E-state index < -0.39 is 0 Å². The molecule has 0 atom stereocenters.